The number of likely N-dealkylation sites (tertiary alicyclic amines) is 1. The molecule has 1 atom stereocenters. The number of amides is 1. The van der Waals surface area contributed by atoms with E-state index < -0.39 is 0 Å². The highest BCUT2D eigenvalue weighted by atomic mass is 16.1. The summed E-state index contributed by atoms with van der Waals surface area (Å²) in [5.41, 5.74) is 2.69. The van der Waals surface area contributed by atoms with E-state index >= 15 is 0 Å². The Bertz CT molecular complexity index is 717. The third kappa shape index (κ3) is 4.86. The van der Waals surface area contributed by atoms with Crippen molar-refractivity contribution in [3.05, 3.63) is 59.2 Å². The summed E-state index contributed by atoms with van der Waals surface area (Å²) in [6, 6.07) is 10.6. The van der Waals surface area contributed by atoms with Crippen molar-refractivity contribution in [3.63, 3.8) is 0 Å². The fourth-order valence-electron chi connectivity index (χ4n) is 3.35. The first kappa shape index (κ1) is 17.5. The molecule has 0 bridgehead atoms. The topological polar surface area (TPSA) is 58.1 Å². The predicted molar refractivity (Wildman–Crippen MR) is 98.5 cm³/mol. The first-order valence-electron chi connectivity index (χ1n) is 8.96. The Balaban J connectivity index is 1.43. The number of carbonyl (C=O) groups is 1. The maximum atomic E-state index is 12.3. The summed E-state index contributed by atoms with van der Waals surface area (Å²) in [6.45, 7) is 7.64. The predicted octanol–water partition coefficient (Wildman–Crippen LogP) is 2.39. The van der Waals surface area contributed by atoms with Gasteiger partial charge in [0.2, 0.25) is 0 Å². The van der Waals surface area contributed by atoms with E-state index in [0.717, 1.165) is 38.2 Å². The molecule has 0 radical (unpaired) electrons. The number of hydrogen-bond donors (Lipinski definition) is 1. The lowest BCUT2D eigenvalue weighted by molar-refractivity contribution is 0.0946. The van der Waals surface area contributed by atoms with Crippen molar-refractivity contribution in [2.24, 2.45) is 5.92 Å². The van der Waals surface area contributed by atoms with Crippen molar-refractivity contribution < 1.29 is 4.79 Å². The molecule has 1 fully saturated rings. The molecule has 1 aromatic heterocycles. The first-order valence-corrected chi connectivity index (χ1v) is 8.96. The highest BCUT2D eigenvalue weighted by Gasteiger charge is 2.23. The molecule has 1 aliphatic heterocycles. The van der Waals surface area contributed by atoms with Crippen LogP contribution in [-0.4, -0.2) is 47.0 Å². The molecule has 1 saturated heterocycles. The summed E-state index contributed by atoms with van der Waals surface area (Å²) >= 11 is 0. The smallest absolute Gasteiger partial charge is 0.254 e. The second kappa shape index (κ2) is 8.21. The molecular formula is C20H26N4O. The van der Waals surface area contributed by atoms with E-state index in [2.05, 4.69) is 50.5 Å². The van der Waals surface area contributed by atoms with Gasteiger partial charge >= 0.3 is 0 Å². The zero-order valence-corrected chi connectivity index (χ0v) is 15.0. The molecule has 0 saturated carbocycles. The van der Waals surface area contributed by atoms with Crippen LogP contribution in [0.2, 0.25) is 0 Å². The van der Waals surface area contributed by atoms with E-state index in [4.69, 9.17) is 0 Å². The monoisotopic (exact) mass is 338 g/mol. The van der Waals surface area contributed by atoms with Crippen molar-refractivity contribution in [1.82, 2.24) is 20.2 Å². The number of aryl methyl sites for hydroxylation is 2. The molecule has 5 heteroatoms. The first-order chi connectivity index (χ1) is 12.1. The van der Waals surface area contributed by atoms with Crippen LogP contribution in [0.15, 0.2) is 36.5 Å². The van der Waals surface area contributed by atoms with Gasteiger partial charge in [0.15, 0.2) is 0 Å². The van der Waals surface area contributed by atoms with Crippen molar-refractivity contribution in [2.45, 2.75) is 26.7 Å². The van der Waals surface area contributed by atoms with Gasteiger partial charge in [0, 0.05) is 25.8 Å². The minimum absolute atomic E-state index is 0.0692. The number of benzene rings is 1. The quantitative estimate of drug-likeness (QED) is 0.879. The number of carbonyl (C=O) groups excluding carboxylic acids is 1. The van der Waals surface area contributed by atoms with Crippen molar-refractivity contribution in [1.29, 1.82) is 0 Å². The molecule has 1 amide bonds. The number of nitrogens with zero attached hydrogens (tertiary/aromatic N) is 3. The molecule has 3 rings (SSSR count). The van der Waals surface area contributed by atoms with Crippen LogP contribution in [0.3, 0.4) is 0 Å². The minimum Gasteiger partial charge on any atom is -0.352 e. The maximum Gasteiger partial charge on any atom is 0.254 e. The molecule has 1 aromatic carbocycles. The van der Waals surface area contributed by atoms with E-state index in [1.807, 2.05) is 13.8 Å². The lowest BCUT2D eigenvalue weighted by atomic mass is 10.1. The Hall–Kier alpha value is -2.27. The average Bonchev–Trinajstić information content (AvgIpc) is 3.07. The summed E-state index contributed by atoms with van der Waals surface area (Å²) in [5.74, 6) is 1.14. The molecule has 0 spiro atoms. The number of aromatic nitrogens is 2. The summed E-state index contributed by atoms with van der Waals surface area (Å²) in [5, 5.41) is 3.05. The molecule has 5 nitrogen and oxygen atoms in total. The van der Waals surface area contributed by atoms with Crippen LogP contribution < -0.4 is 5.32 Å². The van der Waals surface area contributed by atoms with E-state index in [1.54, 1.807) is 6.20 Å². The van der Waals surface area contributed by atoms with Crippen molar-refractivity contribution in [2.75, 3.05) is 26.2 Å². The van der Waals surface area contributed by atoms with Gasteiger partial charge in [0.05, 0.1) is 11.3 Å². The molecule has 0 aliphatic carbocycles. The summed E-state index contributed by atoms with van der Waals surface area (Å²) < 4.78 is 0. The standard InChI is InChI=1S/C20H26N4O/c1-15-19(13-21-16(2)23-15)20(25)22-12-18-9-11-24(14-18)10-8-17-6-4-3-5-7-17/h3-7,13,18H,8-12,14H2,1-2H3,(H,22,25). The highest BCUT2D eigenvalue weighted by molar-refractivity contribution is 5.94. The van der Waals surface area contributed by atoms with Crippen LogP contribution in [-0.2, 0) is 6.42 Å². The van der Waals surface area contributed by atoms with Crippen molar-refractivity contribution in [3.8, 4) is 0 Å². The van der Waals surface area contributed by atoms with Crippen LogP contribution in [0.5, 0.6) is 0 Å². The van der Waals surface area contributed by atoms with E-state index in [-0.39, 0.29) is 5.91 Å². The number of nitrogens with one attached hydrogen (secondary N) is 1. The minimum atomic E-state index is -0.0692. The normalized spacial score (nSPS) is 17.6. The number of hydrogen-bond acceptors (Lipinski definition) is 4. The molecule has 1 aliphatic rings. The van der Waals surface area contributed by atoms with Gasteiger partial charge in [-0.15, -0.1) is 0 Å². The average molecular weight is 338 g/mol. The molecule has 2 aromatic rings. The van der Waals surface area contributed by atoms with Gasteiger partial charge < -0.3 is 10.2 Å². The largest absolute Gasteiger partial charge is 0.352 e. The third-order valence-electron chi connectivity index (χ3n) is 4.83. The Morgan fingerprint density at radius 3 is 2.84 bits per heavy atom. The Morgan fingerprint density at radius 2 is 2.08 bits per heavy atom. The third-order valence-corrected chi connectivity index (χ3v) is 4.83. The van der Waals surface area contributed by atoms with Gasteiger partial charge in [0.25, 0.3) is 5.91 Å². The van der Waals surface area contributed by atoms with Gasteiger partial charge in [-0.05, 0) is 44.7 Å². The van der Waals surface area contributed by atoms with Crippen LogP contribution in [0, 0.1) is 19.8 Å². The van der Waals surface area contributed by atoms with Gasteiger partial charge in [-0.3, -0.25) is 4.79 Å². The molecule has 25 heavy (non-hydrogen) atoms. The Kier molecular flexibility index (Phi) is 5.76. The molecule has 2 heterocycles. The zero-order valence-electron chi connectivity index (χ0n) is 15.0. The van der Waals surface area contributed by atoms with Crippen LogP contribution >= 0.6 is 0 Å². The summed E-state index contributed by atoms with van der Waals surface area (Å²) in [4.78, 5) is 23.2. The lowest BCUT2D eigenvalue weighted by Gasteiger charge is -2.16. The summed E-state index contributed by atoms with van der Waals surface area (Å²) in [6.07, 6.45) is 3.84. The van der Waals surface area contributed by atoms with Gasteiger partial charge in [-0.1, -0.05) is 30.3 Å². The molecule has 132 valence electrons. The fraction of sp³-hybridized carbons (Fsp3) is 0.450. The van der Waals surface area contributed by atoms with E-state index in [0.29, 0.717) is 23.9 Å². The molecule has 1 N–H and O–H groups in total. The SMILES string of the molecule is Cc1ncc(C(=O)NCC2CCN(CCc3ccccc3)C2)c(C)n1. The maximum absolute atomic E-state index is 12.3. The van der Waals surface area contributed by atoms with Crippen molar-refractivity contribution >= 4 is 5.91 Å². The van der Waals surface area contributed by atoms with Gasteiger partial charge in [-0.2, -0.15) is 0 Å². The number of rotatable bonds is 6. The molecule has 1 unspecified atom stereocenters. The Morgan fingerprint density at radius 1 is 1.28 bits per heavy atom. The molecular weight excluding hydrogens is 312 g/mol. The fourth-order valence-corrected chi connectivity index (χ4v) is 3.35. The van der Waals surface area contributed by atoms with Gasteiger partial charge in [0.1, 0.15) is 5.82 Å². The van der Waals surface area contributed by atoms with E-state index in [9.17, 15) is 4.79 Å². The zero-order chi connectivity index (χ0) is 17.6. The second-order valence-electron chi connectivity index (χ2n) is 6.82. The van der Waals surface area contributed by atoms with Crippen LogP contribution in [0.25, 0.3) is 0 Å². The lowest BCUT2D eigenvalue weighted by Crippen LogP contribution is -2.32. The summed E-state index contributed by atoms with van der Waals surface area (Å²) in [7, 11) is 0. The second-order valence-corrected chi connectivity index (χ2v) is 6.82. The van der Waals surface area contributed by atoms with Gasteiger partial charge in [-0.25, -0.2) is 9.97 Å². The van der Waals surface area contributed by atoms with Crippen LogP contribution in [0.1, 0.15) is 33.9 Å². The highest BCUT2D eigenvalue weighted by Crippen LogP contribution is 2.16. The van der Waals surface area contributed by atoms with Crippen LogP contribution in [0.4, 0.5) is 0 Å². The van der Waals surface area contributed by atoms with E-state index in [1.165, 1.54) is 5.56 Å². The Labute approximate surface area is 149 Å².